The molecule has 0 spiro atoms. The van der Waals surface area contributed by atoms with E-state index in [9.17, 15) is 0 Å². The maximum absolute atomic E-state index is 6.00. The molecule has 84 valence electrons. The predicted octanol–water partition coefficient (Wildman–Crippen LogP) is 2.71. The number of hydrogen-bond donors (Lipinski definition) is 2. The summed E-state index contributed by atoms with van der Waals surface area (Å²) in [4.78, 5) is 0. The molecule has 0 saturated carbocycles. The van der Waals surface area contributed by atoms with Gasteiger partial charge in [0.15, 0.2) is 0 Å². The largest absolute Gasteiger partial charge is 0.398 e. The van der Waals surface area contributed by atoms with Crippen LogP contribution in [0.4, 0.5) is 5.69 Å². The van der Waals surface area contributed by atoms with Crippen LogP contribution in [0.25, 0.3) is 0 Å². The maximum Gasteiger partial charge on any atom is 0.0349 e. The summed E-state index contributed by atoms with van der Waals surface area (Å²) in [6, 6.07) is 6.20. The highest BCUT2D eigenvalue weighted by Crippen LogP contribution is 2.21. The van der Waals surface area contributed by atoms with Crippen molar-refractivity contribution in [3.63, 3.8) is 0 Å². The molecule has 1 aromatic carbocycles. The van der Waals surface area contributed by atoms with Crippen molar-refractivity contribution in [3.8, 4) is 0 Å². The lowest BCUT2D eigenvalue weighted by Crippen LogP contribution is -2.06. The Balaban J connectivity index is 2.77. The first kappa shape index (κ1) is 12.1. The third kappa shape index (κ3) is 3.24. The average Bonchev–Trinajstić information content (AvgIpc) is 2.27. The van der Waals surface area contributed by atoms with Crippen molar-refractivity contribution in [3.05, 3.63) is 29.3 Å². The number of nitrogen functional groups attached to an aromatic ring is 1. The summed E-state index contributed by atoms with van der Waals surface area (Å²) < 4.78 is 0. The minimum absolute atomic E-state index is 0.565. The Bertz CT molecular complexity index is 303. The number of anilines is 1. The van der Waals surface area contributed by atoms with Crippen molar-refractivity contribution in [2.75, 3.05) is 5.73 Å². The number of nitrogens with two attached hydrogens (primary N) is 2. The standard InChI is InChI=1S/C13H22N2/c1-3-10(4-2)7-12-6-5-11(9-14)8-13(12)15/h5-6,8,10H,3-4,7,9,14-15H2,1-2H3. The van der Waals surface area contributed by atoms with Crippen LogP contribution in [-0.2, 0) is 13.0 Å². The van der Waals surface area contributed by atoms with Gasteiger partial charge in [-0.25, -0.2) is 0 Å². The molecule has 4 N–H and O–H groups in total. The van der Waals surface area contributed by atoms with E-state index in [0.717, 1.165) is 23.6 Å². The Morgan fingerprint density at radius 1 is 1.20 bits per heavy atom. The quantitative estimate of drug-likeness (QED) is 0.728. The maximum atomic E-state index is 6.00. The average molecular weight is 206 g/mol. The topological polar surface area (TPSA) is 52.0 Å². The van der Waals surface area contributed by atoms with Gasteiger partial charge in [-0.2, -0.15) is 0 Å². The van der Waals surface area contributed by atoms with Gasteiger partial charge in [0.05, 0.1) is 0 Å². The molecule has 0 amide bonds. The van der Waals surface area contributed by atoms with Crippen LogP contribution in [0.1, 0.15) is 37.8 Å². The fraction of sp³-hybridized carbons (Fsp3) is 0.538. The second-order valence-electron chi connectivity index (χ2n) is 4.12. The third-order valence-electron chi connectivity index (χ3n) is 3.11. The van der Waals surface area contributed by atoms with Crippen LogP contribution in [0, 0.1) is 5.92 Å². The lowest BCUT2D eigenvalue weighted by atomic mass is 9.93. The highest BCUT2D eigenvalue weighted by molar-refractivity contribution is 5.49. The molecule has 1 aromatic rings. The first-order valence-electron chi connectivity index (χ1n) is 5.78. The van der Waals surface area contributed by atoms with Gasteiger partial charge in [-0.05, 0) is 29.5 Å². The monoisotopic (exact) mass is 206 g/mol. The van der Waals surface area contributed by atoms with Crippen LogP contribution >= 0.6 is 0 Å². The van der Waals surface area contributed by atoms with E-state index in [0.29, 0.717) is 6.54 Å². The molecule has 0 aliphatic carbocycles. The Labute approximate surface area is 92.7 Å². The highest BCUT2D eigenvalue weighted by atomic mass is 14.6. The van der Waals surface area contributed by atoms with Gasteiger partial charge < -0.3 is 11.5 Å². The third-order valence-corrected chi connectivity index (χ3v) is 3.11. The van der Waals surface area contributed by atoms with E-state index < -0.39 is 0 Å². The normalized spacial score (nSPS) is 10.9. The van der Waals surface area contributed by atoms with Gasteiger partial charge in [-0.3, -0.25) is 0 Å². The van der Waals surface area contributed by atoms with Crippen molar-refractivity contribution >= 4 is 5.69 Å². The van der Waals surface area contributed by atoms with E-state index in [1.807, 2.05) is 6.07 Å². The molecular weight excluding hydrogens is 184 g/mol. The molecule has 0 heterocycles. The predicted molar refractivity (Wildman–Crippen MR) is 66.5 cm³/mol. The van der Waals surface area contributed by atoms with Gasteiger partial charge >= 0.3 is 0 Å². The summed E-state index contributed by atoms with van der Waals surface area (Å²) in [7, 11) is 0. The molecule has 0 fully saturated rings. The van der Waals surface area contributed by atoms with Crippen LogP contribution in [0.15, 0.2) is 18.2 Å². The van der Waals surface area contributed by atoms with E-state index >= 15 is 0 Å². The smallest absolute Gasteiger partial charge is 0.0349 e. The zero-order valence-corrected chi connectivity index (χ0v) is 9.79. The number of hydrogen-bond acceptors (Lipinski definition) is 2. The van der Waals surface area contributed by atoms with Gasteiger partial charge in [0.2, 0.25) is 0 Å². The van der Waals surface area contributed by atoms with Crippen LogP contribution < -0.4 is 11.5 Å². The van der Waals surface area contributed by atoms with Crippen LogP contribution in [0.2, 0.25) is 0 Å². The van der Waals surface area contributed by atoms with Crippen LogP contribution in [0.5, 0.6) is 0 Å². The summed E-state index contributed by atoms with van der Waals surface area (Å²) in [6.45, 7) is 5.03. The Morgan fingerprint density at radius 2 is 1.87 bits per heavy atom. The molecule has 0 aliphatic heterocycles. The molecule has 0 aliphatic rings. The SMILES string of the molecule is CCC(CC)Cc1ccc(CN)cc1N. The second-order valence-corrected chi connectivity index (χ2v) is 4.12. The first-order chi connectivity index (χ1) is 7.21. The van der Waals surface area contributed by atoms with E-state index in [-0.39, 0.29) is 0 Å². The molecule has 2 heteroatoms. The van der Waals surface area contributed by atoms with Crippen molar-refractivity contribution in [2.24, 2.45) is 11.7 Å². The summed E-state index contributed by atoms with van der Waals surface area (Å²) in [5.41, 5.74) is 14.8. The highest BCUT2D eigenvalue weighted by Gasteiger charge is 2.07. The fourth-order valence-electron chi connectivity index (χ4n) is 1.85. The molecule has 1 rings (SSSR count). The molecule has 0 aromatic heterocycles. The van der Waals surface area contributed by atoms with E-state index in [1.54, 1.807) is 0 Å². The van der Waals surface area contributed by atoms with Gasteiger partial charge in [-0.1, -0.05) is 38.8 Å². The van der Waals surface area contributed by atoms with E-state index in [1.165, 1.54) is 18.4 Å². The molecule has 0 atom stereocenters. The van der Waals surface area contributed by atoms with Crippen LogP contribution in [-0.4, -0.2) is 0 Å². The van der Waals surface area contributed by atoms with E-state index in [4.69, 9.17) is 11.5 Å². The second kappa shape index (κ2) is 5.76. The lowest BCUT2D eigenvalue weighted by molar-refractivity contribution is 0.491. The van der Waals surface area contributed by atoms with Crippen LogP contribution in [0.3, 0.4) is 0 Å². The number of rotatable bonds is 5. The lowest BCUT2D eigenvalue weighted by Gasteiger charge is -2.14. The van der Waals surface area contributed by atoms with Gasteiger partial charge in [0, 0.05) is 12.2 Å². The van der Waals surface area contributed by atoms with Crippen molar-refractivity contribution in [2.45, 2.75) is 39.7 Å². The molecule has 0 bridgehead atoms. The zero-order valence-electron chi connectivity index (χ0n) is 9.79. The fourth-order valence-corrected chi connectivity index (χ4v) is 1.85. The Kier molecular flexibility index (Phi) is 4.63. The van der Waals surface area contributed by atoms with E-state index in [2.05, 4.69) is 26.0 Å². The van der Waals surface area contributed by atoms with Crippen molar-refractivity contribution in [1.29, 1.82) is 0 Å². The molecular formula is C13H22N2. The zero-order chi connectivity index (χ0) is 11.3. The van der Waals surface area contributed by atoms with Gasteiger partial charge in [0.25, 0.3) is 0 Å². The Hall–Kier alpha value is -1.02. The van der Waals surface area contributed by atoms with Crippen molar-refractivity contribution in [1.82, 2.24) is 0 Å². The van der Waals surface area contributed by atoms with Crippen molar-refractivity contribution < 1.29 is 0 Å². The van der Waals surface area contributed by atoms with Gasteiger partial charge in [-0.15, -0.1) is 0 Å². The molecule has 0 unspecified atom stereocenters. The minimum Gasteiger partial charge on any atom is -0.398 e. The summed E-state index contributed by atoms with van der Waals surface area (Å²) in [5, 5.41) is 0. The molecule has 2 nitrogen and oxygen atoms in total. The molecule has 15 heavy (non-hydrogen) atoms. The molecule has 0 saturated heterocycles. The number of benzene rings is 1. The molecule has 0 radical (unpaired) electrons. The minimum atomic E-state index is 0.565. The first-order valence-corrected chi connectivity index (χ1v) is 5.78. The summed E-state index contributed by atoms with van der Waals surface area (Å²) >= 11 is 0. The van der Waals surface area contributed by atoms with Gasteiger partial charge in [0.1, 0.15) is 0 Å². The Morgan fingerprint density at radius 3 is 2.33 bits per heavy atom. The summed E-state index contributed by atoms with van der Waals surface area (Å²) in [6.07, 6.45) is 3.52. The summed E-state index contributed by atoms with van der Waals surface area (Å²) in [5.74, 6) is 0.746.